The Bertz CT molecular complexity index is 773. The van der Waals surface area contributed by atoms with Crippen molar-refractivity contribution in [2.75, 3.05) is 23.9 Å². The van der Waals surface area contributed by atoms with Crippen LogP contribution in [-0.2, 0) is 11.3 Å². The fraction of sp³-hybridized carbons (Fsp3) is 0.300. The van der Waals surface area contributed by atoms with Gasteiger partial charge in [-0.25, -0.2) is 4.79 Å². The summed E-state index contributed by atoms with van der Waals surface area (Å²) in [5.74, 6) is 2.31. The van der Waals surface area contributed by atoms with E-state index in [4.69, 9.17) is 0 Å². The number of methoxy groups -OCH3 is 1. The minimum absolute atomic E-state index is 0.0951. The summed E-state index contributed by atoms with van der Waals surface area (Å²) < 4.78 is 5.03. The zero-order chi connectivity index (χ0) is 19.1. The van der Waals surface area contributed by atoms with Crippen molar-refractivity contribution in [3.8, 4) is 0 Å². The highest BCUT2D eigenvalue weighted by Gasteiger charge is 2.16. The predicted molar refractivity (Wildman–Crippen MR) is 112 cm³/mol. The predicted octanol–water partition coefficient (Wildman–Crippen LogP) is 4.66. The highest BCUT2D eigenvalue weighted by molar-refractivity contribution is 8.16. The molecule has 1 saturated heterocycles. The molecule has 2 N–H and O–H groups in total. The van der Waals surface area contributed by atoms with Gasteiger partial charge in [0.25, 0.3) is 5.91 Å². The third-order valence-electron chi connectivity index (χ3n) is 4.11. The Morgan fingerprint density at radius 3 is 2.33 bits per heavy atom. The number of ether oxygens (including phenoxy) is 1. The molecule has 0 aliphatic carbocycles. The zero-order valence-electron chi connectivity index (χ0n) is 15.1. The number of carbonyl (C=O) groups is 2. The van der Waals surface area contributed by atoms with Crippen LogP contribution in [0.4, 0.5) is 10.5 Å². The number of thioether (sulfide) groups is 2. The number of anilines is 1. The summed E-state index contributed by atoms with van der Waals surface area (Å²) in [6.07, 6.45) is 0.760. The molecule has 1 fully saturated rings. The first-order chi connectivity index (χ1) is 13.2. The monoisotopic (exact) mass is 402 g/mol. The molecule has 0 aromatic heterocycles. The summed E-state index contributed by atoms with van der Waals surface area (Å²) in [4.78, 5) is 23.5. The maximum absolute atomic E-state index is 12.4. The molecule has 0 unspecified atom stereocenters. The van der Waals surface area contributed by atoms with Crippen molar-refractivity contribution >= 4 is 41.2 Å². The van der Waals surface area contributed by atoms with Crippen molar-refractivity contribution < 1.29 is 14.3 Å². The van der Waals surface area contributed by atoms with Crippen LogP contribution in [-0.4, -0.2) is 30.6 Å². The van der Waals surface area contributed by atoms with E-state index in [2.05, 4.69) is 27.5 Å². The molecule has 1 heterocycles. The van der Waals surface area contributed by atoms with Gasteiger partial charge in [-0.2, -0.15) is 0 Å². The third kappa shape index (κ3) is 5.68. The highest BCUT2D eigenvalue weighted by atomic mass is 32.2. The lowest BCUT2D eigenvalue weighted by atomic mass is 10.1. The molecule has 0 atom stereocenters. The first-order valence-electron chi connectivity index (χ1n) is 8.71. The fourth-order valence-corrected chi connectivity index (χ4v) is 5.53. The minimum atomic E-state index is -0.510. The van der Waals surface area contributed by atoms with Gasteiger partial charge in [0.05, 0.1) is 11.7 Å². The first-order valence-corrected chi connectivity index (χ1v) is 10.8. The summed E-state index contributed by atoms with van der Waals surface area (Å²) in [7, 11) is 1.32. The lowest BCUT2D eigenvalue weighted by Crippen LogP contribution is -2.22. The van der Waals surface area contributed by atoms with Gasteiger partial charge in [-0.15, -0.1) is 23.5 Å². The van der Waals surface area contributed by atoms with Crippen molar-refractivity contribution in [3.63, 3.8) is 0 Å². The van der Waals surface area contributed by atoms with Gasteiger partial charge in [0, 0.05) is 17.8 Å². The summed E-state index contributed by atoms with van der Waals surface area (Å²) >= 11 is 3.95. The molecule has 0 saturated carbocycles. The van der Waals surface area contributed by atoms with E-state index in [1.807, 2.05) is 47.8 Å². The van der Waals surface area contributed by atoms with Crippen molar-refractivity contribution in [1.29, 1.82) is 0 Å². The van der Waals surface area contributed by atoms with Crippen molar-refractivity contribution in [3.05, 3.63) is 65.2 Å². The van der Waals surface area contributed by atoms with E-state index >= 15 is 0 Å². The lowest BCUT2D eigenvalue weighted by molar-refractivity contribution is 0.0951. The molecular formula is C20H22N2O3S2. The molecule has 142 valence electrons. The van der Waals surface area contributed by atoms with Gasteiger partial charge in [-0.1, -0.05) is 24.3 Å². The molecule has 2 amide bonds. The average Bonchev–Trinajstić information content (AvgIpc) is 2.73. The van der Waals surface area contributed by atoms with Gasteiger partial charge in [-0.05, 0) is 53.3 Å². The highest BCUT2D eigenvalue weighted by Crippen LogP contribution is 2.43. The van der Waals surface area contributed by atoms with E-state index in [9.17, 15) is 9.59 Å². The van der Waals surface area contributed by atoms with Gasteiger partial charge >= 0.3 is 6.09 Å². The molecule has 2 aromatic carbocycles. The van der Waals surface area contributed by atoms with Crippen molar-refractivity contribution in [1.82, 2.24) is 5.32 Å². The van der Waals surface area contributed by atoms with Crippen LogP contribution in [0.3, 0.4) is 0 Å². The molecule has 27 heavy (non-hydrogen) atoms. The molecular weight excluding hydrogens is 380 g/mol. The number of rotatable bonds is 5. The van der Waals surface area contributed by atoms with Gasteiger partial charge in [-0.3, -0.25) is 10.1 Å². The van der Waals surface area contributed by atoms with E-state index in [0.29, 0.717) is 22.4 Å². The Morgan fingerprint density at radius 1 is 1.04 bits per heavy atom. The van der Waals surface area contributed by atoms with Crippen LogP contribution < -0.4 is 10.6 Å². The van der Waals surface area contributed by atoms with Crippen molar-refractivity contribution in [2.24, 2.45) is 0 Å². The Balaban J connectivity index is 1.52. The van der Waals surface area contributed by atoms with Crippen LogP contribution in [0, 0.1) is 0 Å². The fourth-order valence-electron chi connectivity index (χ4n) is 2.63. The zero-order valence-corrected chi connectivity index (χ0v) is 16.7. The quantitative estimate of drug-likeness (QED) is 0.761. The Labute approximate surface area is 167 Å². The molecule has 0 spiro atoms. The molecule has 3 rings (SSSR count). The topological polar surface area (TPSA) is 67.4 Å². The van der Waals surface area contributed by atoms with E-state index in [0.717, 1.165) is 5.56 Å². The summed E-state index contributed by atoms with van der Waals surface area (Å²) in [6.45, 7) is 0.424. The van der Waals surface area contributed by atoms with Crippen LogP contribution in [0.5, 0.6) is 0 Å². The Hall–Kier alpha value is -2.12. The van der Waals surface area contributed by atoms with Crippen LogP contribution in [0.2, 0.25) is 0 Å². The maximum atomic E-state index is 12.4. The summed E-state index contributed by atoms with van der Waals surface area (Å²) in [6, 6.07) is 15.1. The van der Waals surface area contributed by atoms with E-state index in [1.54, 1.807) is 12.1 Å². The Morgan fingerprint density at radius 2 is 1.70 bits per heavy atom. The van der Waals surface area contributed by atoms with Gasteiger partial charge in [0.15, 0.2) is 0 Å². The molecule has 7 heteroatoms. The smallest absolute Gasteiger partial charge is 0.411 e. The second kappa shape index (κ2) is 9.71. The minimum Gasteiger partial charge on any atom is -0.453 e. The molecule has 5 nitrogen and oxygen atoms in total. The Kier molecular flexibility index (Phi) is 7.06. The SMILES string of the molecule is COC(=O)Nc1ccc(CNC(=O)c2ccc(C3SCCCS3)cc2)cc1. The number of carbonyl (C=O) groups excluding carboxylic acids is 2. The summed E-state index contributed by atoms with van der Waals surface area (Å²) in [5.41, 5.74) is 3.53. The molecule has 0 radical (unpaired) electrons. The van der Waals surface area contributed by atoms with Crippen LogP contribution in [0.1, 0.15) is 32.5 Å². The number of nitrogens with one attached hydrogen (secondary N) is 2. The van der Waals surface area contributed by atoms with Crippen molar-refractivity contribution in [2.45, 2.75) is 17.5 Å². The summed E-state index contributed by atoms with van der Waals surface area (Å²) in [5, 5.41) is 5.51. The van der Waals surface area contributed by atoms with Gasteiger partial charge < -0.3 is 10.1 Å². The standard InChI is InChI=1S/C20H22N2O3S2/c1-25-20(24)22-17-9-3-14(4-10-17)13-21-18(23)15-5-7-16(8-6-15)19-26-11-2-12-27-19/h3-10,19H,2,11-13H2,1H3,(H,21,23)(H,22,24). The van der Waals surface area contributed by atoms with E-state index in [1.165, 1.54) is 30.6 Å². The molecule has 0 bridgehead atoms. The number of amides is 2. The second-order valence-electron chi connectivity index (χ2n) is 6.05. The first kappa shape index (κ1) is 19.6. The lowest BCUT2D eigenvalue weighted by Gasteiger charge is -2.21. The van der Waals surface area contributed by atoms with Crippen LogP contribution in [0.25, 0.3) is 0 Å². The number of hydrogen-bond acceptors (Lipinski definition) is 5. The number of hydrogen-bond donors (Lipinski definition) is 2. The molecule has 1 aliphatic heterocycles. The van der Waals surface area contributed by atoms with E-state index in [-0.39, 0.29) is 5.91 Å². The van der Waals surface area contributed by atoms with Crippen LogP contribution >= 0.6 is 23.5 Å². The number of benzene rings is 2. The molecule has 1 aliphatic rings. The molecule has 2 aromatic rings. The maximum Gasteiger partial charge on any atom is 0.411 e. The van der Waals surface area contributed by atoms with Crippen LogP contribution in [0.15, 0.2) is 48.5 Å². The average molecular weight is 403 g/mol. The largest absolute Gasteiger partial charge is 0.453 e. The second-order valence-corrected chi connectivity index (χ2v) is 8.77. The van der Waals surface area contributed by atoms with E-state index < -0.39 is 6.09 Å². The third-order valence-corrected chi connectivity index (χ3v) is 7.13. The van der Waals surface area contributed by atoms with Gasteiger partial charge in [0.1, 0.15) is 0 Å². The van der Waals surface area contributed by atoms with Gasteiger partial charge in [0.2, 0.25) is 0 Å². The normalized spacial score (nSPS) is 14.4.